The van der Waals surface area contributed by atoms with E-state index in [1.54, 1.807) is 0 Å². The summed E-state index contributed by atoms with van der Waals surface area (Å²) in [6, 6.07) is 0. The van der Waals surface area contributed by atoms with Crippen molar-refractivity contribution in [1.29, 1.82) is 0 Å². The van der Waals surface area contributed by atoms with E-state index in [0.717, 1.165) is 57.3 Å². The number of carbonyl (C=O) groups excluding carboxylic acids is 2. The van der Waals surface area contributed by atoms with Crippen molar-refractivity contribution in [1.82, 2.24) is 0 Å². The van der Waals surface area contributed by atoms with Crippen LogP contribution < -0.4 is 0 Å². The summed E-state index contributed by atoms with van der Waals surface area (Å²) in [6.07, 6.45) is 7.69. The Morgan fingerprint density at radius 2 is 1.44 bits per heavy atom. The molecular weight excluding hydrogens is 499 g/mol. The Morgan fingerprint density at radius 1 is 0.875 bits per heavy atom. The van der Waals surface area contributed by atoms with Crippen molar-refractivity contribution in [3.8, 4) is 11.5 Å². The van der Waals surface area contributed by atoms with Gasteiger partial charge in [-0.05, 0) is 37.7 Å². The maximum Gasteiger partial charge on any atom is 0.164 e. The Morgan fingerprint density at radius 3 is 2.00 bits per heavy atom. The molecule has 32 heavy (non-hydrogen) atoms. The third-order valence-corrected chi connectivity index (χ3v) is 11.9. The van der Waals surface area contributed by atoms with Crippen LogP contribution in [0.2, 0.25) is 0 Å². The van der Waals surface area contributed by atoms with Gasteiger partial charge < -0.3 is 10.2 Å². The van der Waals surface area contributed by atoms with Crippen LogP contribution in [0.1, 0.15) is 51.9 Å². The molecule has 2 saturated carbocycles. The van der Waals surface area contributed by atoms with Crippen molar-refractivity contribution in [2.75, 3.05) is 0 Å². The number of ketones is 2. The average Bonchev–Trinajstić information content (AvgIpc) is 3.38. The number of hydrogen-bond acceptors (Lipinski definition) is 8. The zero-order chi connectivity index (χ0) is 22.6. The number of benzene rings is 1. The lowest BCUT2D eigenvalue weighted by molar-refractivity contribution is -0.117. The lowest BCUT2D eigenvalue weighted by Crippen LogP contribution is -2.19. The molecule has 4 aliphatic rings. The largest absolute Gasteiger partial charge is 0.505 e. The molecule has 2 atom stereocenters. The fraction of sp³-hybridized carbons (Fsp3) is 0.391. The fourth-order valence-electron chi connectivity index (χ4n) is 4.44. The Kier molecular flexibility index (Phi) is 6.54. The summed E-state index contributed by atoms with van der Waals surface area (Å²) >= 11 is 5.53. The van der Waals surface area contributed by atoms with E-state index in [4.69, 9.17) is 0 Å². The summed E-state index contributed by atoms with van der Waals surface area (Å²) < 4.78 is 1.71. The van der Waals surface area contributed by atoms with Crippen molar-refractivity contribution < 1.29 is 19.8 Å². The third-order valence-electron chi connectivity index (χ3n) is 5.97. The fourth-order valence-corrected chi connectivity index (χ4v) is 11.0. The van der Waals surface area contributed by atoms with E-state index < -0.39 is 0 Å². The van der Waals surface area contributed by atoms with E-state index in [2.05, 4.69) is 22.2 Å². The number of carbonyl (C=O) groups is 2. The molecule has 9 heteroatoms. The number of fused-ring (bicyclic) bond motifs is 2. The normalized spacial score (nSPS) is 24.6. The van der Waals surface area contributed by atoms with E-state index in [1.807, 2.05) is 0 Å². The molecule has 0 spiro atoms. The van der Waals surface area contributed by atoms with Crippen LogP contribution in [0.5, 0.6) is 11.5 Å². The molecule has 168 valence electrons. The van der Waals surface area contributed by atoms with Gasteiger partial charge in [-0.3, -0.25) is 9.59 Å². The molecule has 4 nitrogen and oxygen atoms in total. The maximum atomic E-state index is 12.8. The zero-order valence-corrected chi connectivity index (χ0v) is 21.9. The summed E-state index contributed by atoms with van der Waals surface area (Å²) in [5.74, 6) is 0.583. The highest BCUT2D eigenvalue weighted by atomic mass is 32.2. The van der Waals surface area contributed by atoms with Gasteiger partial charge in [-0.2, -0.15) is 0 Å². The first-order valence-electron chi connectivity index (χ1n) is 10.7. The van der Waals surface area contributed by atoms with Gasteiger partial charge >= 0.3 is 0 Å². The van der Waals surface area contributed by atoms with Gasteiger partial charge in [0.25, 0.3) is 0 Å². The number of rotatable bonds is 1. The van der Waals surface area contributed by atoms with Crippen LogP contribution in [-0.4, -0.2) is 27.4 Å². The van der Waals surface area contributed by atoms with Gasteiger partial charge in [0.2, 0.25) is 0 Å². The molecule has 1 aromatic rings. The van der Waals surface area contributed by atoms with E-state index >= 15 is 0 Å². The van der Waals surface area contributed by atoms with Crippen molar-refractivity contribution in [3.63, 3.8) is 0 Å². The smallest absolute Gasteiger partial charge is 0.164 e. The average molecular weight is 523 g/mol. The number of hydrogen-bond donors (Lipinski definition) is 2. The summed E-state index contributed by atoms with van der Waals surface area (Å²) in [5, 5.41) is 22.3. The molecule has 2 unspecified atom stereocenters. The topological polar surface area (TPSA) is 74.6 Å². The standard InChI is InChI=1S/C23H23O4PS4/c1-2-5-10-6-3-7-11(24)14(10)22-29-18-16(26)20-21(17(27)19(18)30-22)32-23(31-20)15-12(25)8-4-9-13(15)28/h5,13,26-27H,2-4,6-9,28H2,1H3/b10-5+,22-14?,23-15?. The van der Waals surface area contributed by atoms with Crippen LogP contribution in [0.3, 0.4) is 0 Å². The molecule has 0 amide bonds. The highest BCUT2D eigenvalue weighted by molar-refractivity contribution is 8.26. The van der Waals surface area contributed by atoms with Gasteiger partial charge in [-0.15, -0.1) is 9.24 Å². The highest BCUT2D eigenvalue weighted by Crippen LogP contribution is 2.68. The number of allylic oxidation sites excluding steroid dienone is 4. The third kappa shape index (κ3) is 3.80. The van der Waals surface area contributed by atoms with Crippen molar-refractivity contribution in [2.24, 2.45) is 0 Å². The van der Waals surface area contributed by atoms with Gasteiger partial charge in [0.15, 0.2) is 11.6 Å². The summed E-state index contributed by atoms with van der Waals surface area (Å²) in [6.45, 7) is 2.07. The number of phenolic OH excluding ortho intramolecular Hbond substituents is 2. The predicted octanol–water partition coefficient (Wildman–Crippen LogP) is 7.00. The number of Topliss-reactive ketones (excluding diaryl/α,β-unsaturated/α-hetero) is 2. The second-order valence-electron chi connectivity index (χ2n) is 8.12. The molecule has 2 aliphatic heterocycles. The van der Waals surface area contributed by atoms with E-state index in [-0.39, 0.29) is 28.7 Å². The van der Waals surface area contributed by atoms with Crippen LogP contribution >= 0.6 is 56.3 Å². The monoisotopic (exact) mass is 522 g/mol. The lowest BCUT2D eigenvalue weighted by Gasteiger charge is -2.21. The zero-order valence-electron chi connectivity index (χ0n) is 17.5. The Labute approximate surface area is 206 Å². The number of aromatic hydroxyl groups is 2. The van der Waals surface area contributed by atoms with E-state index in [0.29, 0.717) is 32.4 Å². The molecule has 2 aliphatic carbocycles. The molecule has 5 rings (SSSR count). The first-order chi connectivity index (χ1) is 15.4. The first-order valence-corrected chi connectivity index (χ1v) is 14.7. The second-order valence-corrected chi connectivity index (χ2v) is 13.5. The molecular formula is C23H23O4PS4. The van der Waals surface area contributed by atoms with Crippen LogP contribution in [0.25, 0.3) is 0 Å². The molecule has 0 saturated heterocycles. The Balaban J connectivity index is 1.56. The van der Waals surface area contributed by atoms with E-state index in [1.165, 1.54) is 47.0 Å². The molecule has 0 radical (unpaired) electrons. The van der Waals surface area contributed by atoms with Crippen molar-refractivity contribution in [2.45, 2.75) is 77.1 Å². The molecule has 0 aromatic heterocycles. The van der Waals surface area contributed by atoms with Crippen LogP contribution in [-0.2, 0) is 9.59 Å². The van der Waals surface area contributed by atoms with E-state index in [9.17, 15) is 19.8 Å². The minimum Gasteiger partial charge on any atom is -0.505 e. The van der Waals surface area contributed by atoms with Crippen LogP contribution in [0.15, 0.2) is 50.9 Å². The minimum absolute atomic E-state index is 0.109. The lowest BCUT2D eigenvalue weighted by atomic mass is 9.89. The van der Waals surface area contributed by atoms with Gasteiger partial charge in [-0.25, -0.2) is 0 Å². The number of thioether (sulfide) groups is 4. The maximum absolute atomic E-state index is 12.8. The SMILES string of the molecule is CC/C=C1\CCCC(=O)C1=C1Sc2c(O)c3c(c(O)c2S1)SC(=C1C(=O)CCCC1P)S3. The quantitative estimate of drug-likeness (QED) is 0.232. The summed E-state index contributed by atoms with van der Waals surface area (Å²) in [4.78, 5) is 27.8. The van der Waals surface area contributed by atoms with Gasteiger partial charge in [0.1, 0.15) is 11.5 Å². The van der Waals surface area contributed by atoms with Gasteiger partial charge in [0, 0.05) is 29.6 Å². The first kappa shape index (κ1) is 23.0. The minimum atomic E-state index is 0.109. The molecule has 2 N–H and O–H groups in total. The number of phenols is 2. The summed E-state index contributed by atoms with van der Waals surface area (Å²) in [5.41, 5.74) is 2.75. The van der Waals surface area contributed by atoms with Crippen molar-refractivity contribution in [3.05, 3.63) is 31.3 Å². The highest BCUT2D eigenvalue weighted by Gasteiger charge is 2.39. The van der Waals surface area contributed by atoms with Crippen LogP contribution in [0, 0.1) is 0 Å². The Hall–Kier alpha value is -0.790. The predicted molar refractivity (Wildman–Crippen MR) is 137 cm³/mol. The molecule has 2 fully saturated rings. The summed E-state index contributed by atoms with van der Waals surface area (Å²) in [7, 11) is 2.77. The molecule has 0 bridgehead atoms. The molecule has 1 aromatic carbocycles. The van der Waals surface area contributed by atoms with Gasteiger partial charge in [0.05, 0.1) is 28.1 Å². The van der Waals surface area contributed by atoms with Crippen molar-refractivity contribution >= 4 is 67.9 Å². The second kappa shape index (κ2) is 9.10. The van der Waals surface area contributed by atoms with Gasteiger partial charge in [-0.1, -0.05) is 60.0 Å². The molecule has 2 heterocycles. The van der Waals surface area contributed by atoms with Crippen LogP contribution in [0.4, 0.5) is 0 Å². The Bertz CT molecular complexity index is 1110.